The number of pyridine rings is 1. The van der Waals surface area contributed by atoms with Crippen LogP contribution in [-0.4, -0.2) is 25.2 Å². The number of nitrogens with zero attached hydrogens (tertiary/aromatic N) is 1. The first-order valence-corrected chi connectivity index (χ1v) is 11.2. The minimum atomic E-state index is -1.60. The number of aromatic amines is 1. The SMILES string of the molecule is COc1ccnc2[nH]c([Si](C)(C)C)c(-c3ccc(C)c(N)c3)c12. The number of hydrogen-bond donors (Lipinski definition) is 2. The lowest BCUT2D eigenvalue weighted by Crippen LogP contribution is -2.39. The molecule has 120 valence electrons. The van der Waals surface area contributed by atoms with E-state index in [-0.39, 0.29) is 0 Å². The molecule has 2 heterocycles. The second-order valence-corrected chi connectivity index (χ2v) is 11.9. The summed E-state index contributed by atoms with van der Waals surface area (Å²) in [5.74, 6) is 0.838. The molecular formula is C18H23N3OSi. The third kappa shape index (κ3) is 2.61. The van der Waals surface area contributed by atoms with Gasteiger partial charge in [0, 0.05) is 22.8 Å². The van der Waals surface area contributed by atoms with Crippen LogP contribution in [0.15, 0.2) is 30.5 Å². The highest BCUT2D eigenvalue weighted by atomic mass is 28.3. The topological polar surface area (TPSA) is 63.9 Å². The van der Waals surface area contributed by atoms with E-state index in [2.05, 4.69) is 41.7 Å². The summed E-state index contributed by atoms with van der Waals surface area (Å²) in [6.07, 6.45) is 1.78. The molecule has 0 amide bonds. The largest absolute Gasteiger partial charge is 0.496 e. The Kier molecular flexibility index (Phi) is 3.68. The lowest BCUT2D eigenvalue weighted by molar-refractivity contribution is 0.419. The van der Waals surface area contributed by atoms with Crippen LogP contribution in [0.2, 0.25) is 19.6 Å². The molecule has 5 heteroatoms. The van der Waals surface area contributed by atoms with Crippen LogP contribution in [0.25, 0.3) is 22.2 Å². The van der Waals surface area contributed by atoms with Crippen molar-refractivity contribution in [1.82, 2.24) is 9.97 Å². The Morgan fingerprint density at radius 1 is 1.17 bits per heavy atom. The van der Waals surface area contributed by atoms with Gasteiger partial charge in [-0.15, -0.1) is 0 Å². The molecule has 23 heavy (non-hydrogen) atoms. The van der Waals surface area contributed by atoms with Gasteiger partial charge < -0.3 is 15.5 Å². The highest BCUT2D eigenvalue weighted by Crippen LogP contribution is 2.35. The van der Waals surface area contributed by atoms with Crippen molar-refractivity contribution in [2.45, 2.75) is 26.6 Å². The zero-order chi connectivity index (χ0) is 16.8. The molecule has 0 aliphatic heterocycles. The van der Waals surface area contributed by atoms with Gasteiger partial charge in [0.2, 0.25) is 0 Å². The molecule has 3 aromatic rings. The first-order valence-electron chi connectivity index (χ1n) is 7.74. The molecule has 0 aliphatic rings. The highest BCUT2D eigenvalue weighted by Gasteiger charge is 2.27. The van der Waals surface area contributed by atoms with Gasteiger partial charge in [-0.05, 0) is 30.2 Å². The second kappa shape index (κ2) is 5.42. The summed E-state index contributed by atoms with van der Waals surface area (Å²) in [6, 6.07) is 8.16. The number of nitrogens with one attached hydrogen (secondary N) is 1. The predicted molar refractivity (Wildman–Crippen MR) is 100 cm³/mol. The Balaban J connectivity index is 2.42. The average Bonchev–Trinajstić information content (AvgIpc) is 2.89. The van der Waals surface area contributed by atoms with Crippen LogP contribution < -0.4 is 15.8 Å². The number of anilines is 1. The van der Waals surface area contributed by atoms with Crippen molar-refractivity contribution in [2.75, 3.05) is 12.8 Å². The van der Waals surface area contributed by atoms with Gasteiger partial charge in [-0.2, -0.15) is 0 Å². The number of hydrogen-bond acceptors (Lipinski definition) is 3. The van der Waals surface area contributed by atoms with E-state index in [1.807, 2.05) is 19.1 Å². The van der Waals surface area contributed by atoms with Gasteiger partial charge in [-0.1, -0.05) is 31.8 Å². The number of H-pyrrole nitrogens is 1. The quantitative estimate of drug-likeness (QED) is 0.570. The van der Waals surface area contributed by atoms with Crippen molar-refractivity contribution in [1.29, 1.82) is 0 Å². The van der Waals surface area contributed by atoms with Crippen molar-refractivity contribution in [3.8, 4) is 16.9 Å². The Labute approximate surface area is 137 Å². The molecule has 0 bridgehead atoms. The van der Waals surface area contributed by atoms with Crippen LogP contribution in [-0.2, 0) is 0 Å². The lowest BCUT2D eigenvalue weighted by atomic mass is 10.0. The summed E-state index contributed by atoms with van der Waals surface area (Å²) in [5, 5.41) is 2.31. The first kappa shape index (κ1) is 15.6. The smallest absolute Gasteiger partial charge is 0.141 e. The zero-order valence-corrected chi connectivity index (χ0v) is 15.3. The standard InChI is InChI=1S/C18H23N3OSi/c1-11-6-7-12(10-13(11)19)15-16-14(22-2)8-9-20-17(16)21-18(15)23(3,4)5/h6-10H,19H2,1-5H3,(H,20,21). The fraction of sp³-hybridized carbons (Fsp3) is 0.278. The molecule has 1 aromatic carbocycles. The predicted octanol–water partition coefficient (Wildman–Crippen LogP) is 3.67. The Bertz CT molecular complexity index is 878. The minimum absolute atomic E-state index is 0.807. The molecule has 0 fully saturated rings. The molecule has 3 rings (SSSR count). The molecular weight excluding hydrogens is 302 g/mol. The summed E-state index contributed by atoms with van der Waals surface area (Å²) in [5.41, 5.74) is 11.2. The van der Waals surface area contributed by atoms with Crippen LogP contribution in [0.4, 0.5) is 5.69 Å². The van der Waals surface area contributed by atoms with Gasteiger partial charge in [0.15, 0.2) is 0 Å². The van der Waals surface area contributed by atoms with E-state index in [4.69, 9.17) is 10.5 Å². The van der Waals surface area contributed by atoms with Gasteiger partial charge in [0.05, 0.1) is 20.6 Å². The maximum Gasteiger partial charge on any atom is 0.141 e. The number of aromatic nitrogens is 2. The van der Waals surface area contributed by atoms with E-state index in [0.29, 0.717) is 0 Å². The number of nitrogen functional groups attached to an aromatic ring is 1. The Morgan fingerprint density at radius 2 is 1.91 bits per heavy atom. The third-order valence-electron chi connectivity index (χ3n) is 4.19. The molecule has 3 N–H and O–H groups in total. The monoisotopic (exact) mass is 325 g/mol. The first-order chi connectivity index (χ1) is 10.8. The molecule has 2 aromatic heterocycles. The van der Waals surface area contributed by atoms with Crippen LogP contribution in [0, 0.1) is 6.92 Å². The molecule has 0 radical (unpaired) electrons. The molecule has 0 atom stereocenters. The maximum atomic E-state index is 6.15. The number of nitrogens with two attached hydrogens (primary N) is 1. The number of fused-ring (bicyclic) bond motifs is 1. The Hall–Kier alpha value is -2.27. The van der Waals surface area contributed by atoms with E-state index in [1.165, 1.54) is 10.9 Å². The van der Waals surface area contributed by atoms with Crippen LogP contribution in [0.3, 0.4) is 0 Å². The fourth-order valence-electron chi connectivity index (χ4n) is 2.90. The number of aryl methyl sites for hydroxylation is 1. The van der Waals surface area contributed by atoms with Crippen molar-refractivity contribution < 1.29 is 4.74 Å². The molecule has 4 nitrogen and oxygen atoms in total. The van der Waals surface area contributed by atoms with Gasteiger partial charge in [-0.3, -0.25) is 0 Å². The average molecular weight is 325 g/mol. The van der Waals surface area contributed by atoms with Crippen LogP contribution in [0.1, 0.15) is 5.56 Å². The molecule has 0 saturated carbocycles. The third-order valence-corrected chi connectivity index (χ3v) is 6.07. The number of ether oxygens (including phenoxy) is 1. The van der Waals surface area contributed by atoms with Crippen LogP contribution in [0.5, 0.6) is 5.75 Å². The molecule has 0 saturated heterocycles. The van der Waals surface area contributed by atoms with E-state index in [1.54, 1.807) is 13.3 Å². The lowest BCUT2D eigenvalue weighted by Gasteiger charge is -2.18. The van der Waals surface area contributed by atoms with Gasteiger partial charge in [0.1, 0.15) is 11.4 Å². The summed E-state index contributed by atoms with van der Waals surface area (Å²) in [7, 11) is 0.0953. The van der Waals surface area contributed by atoms with Crippen molar-refractivity contribution in [3.05, 3.63) is 36.0 Å². The summed E-state index contributed by atoms with van der Waals surface area (Å²) in [4.78, 5) is 8.05. The van der Waals surface area contributed by atoms with Crippen LogP contribution >= 0.6 is 0 Å². The van der Waals surface area contributed by atoms with Crippen molar-refractivity contribution in [3.63, 3.8) is 0 Å². The van der Waals surface area contributed by atoms with E-state index < -0.39 is 8.07 Å². The normalized spacial score (nSPS) is 11.9. The molecule has 0 unspecified atom stereocenters. The van der Waals surface area contributed by atoms with Gasteiger partial charge in [-0.25, -0.2) is 4.98 Å². The van der Waals surface area contributed by atoms with Gasteiger partial charge >= 0.3 is 0 Å². The fourth-order valence-corrected chi connectivity index (χ4v) is 4.42. The second-order valence-electron chi connectivity index (χ2n) is 6.93. The number of rotatable bonds is 3. The van der Waals surface area contributed by atoms with E-state index >= 15 is 0 Å². The Morgan fingerprint density at radius 3 is 2.52 bits per heavy atom. The van der Waals surface area contributed by atoms with E-state index in [9.17, 15) is 0 Å². The van der Waals surface area contributed by atoms with E-state index in [0.717, 1.165) is 33.6 Å². The zero-order valence-electron chi connectivity index (χ0n) is 14.3. The van der Waals surface area contributed by atoms with Gasteiger partial charge in [0.25, 0.3) is 0 Å². The highest BCUT2D eigenvalue weighted by molar-refractivity contribution is 6.89. The minimum Gasteiger partial charge on any atom is -0.496 e. The summed E-state index contributed by atoms with van der Waals surface area (Å²) < 4.78 is 5.59. The number of benzene rings is 1. The molecule has 0 aliphatic carbocycles. The summed E-state index contributed by atoms with van der Waals surface area (Å²) in [6.45, 7) is 9.00. The summed E-state index contributed by atoms with van der Waals surface area (Å²) >= 11 is 0. The van der Waals surface area contributed by atoms with Crippen molar-refractivity contribution >= 4 is 30.1 Å². The number of methoxy groups -OCH3 is 1. The maximum absolute atomic E-state index is 6.15. The molecule has 0 spiro atoms. The van der Waals surface area contributed by atoms with Crippen molar-refractivity contribution in [2.24, 2.45) is 0 Å².